The lowest BCUT2D eigenvalue weighted by atomic mass is 10.1. The number of aromatic nitrogens is 3. The second-order valence-electron chi connectivity index (χ2n) is 4.14. The molecule has 6 heteroatoms. The first kappa shape index (κ1) is 12.3. The molecule has 0 radical (unpaired) electrons. The lowest BCUT2D eigenvalue weighted by Gasteiger charge is -2.11. The molecule has 0 fully saturated rings. The van der Waals surface area contributed by atoms with E-state index in [4.69, 9.17) is 5.21 Å². The molecule has 6 nitrogen and oxygen atoms in total. The molecule has 0 bridgehead atoms. The highest BCUT2D eigenvalue weighted by Crippen LogP contribution is 2.21. The van der Waals surface area contributed by atoms with E-state index in [9.17, 15) is 4.79 Å². The first-order valence-electron chi connectivity index (χ1n) is 5.59. The summed E-state index contributed by atoms with van der Waals surface area (Å²) < 4.78 is 1.61. The Bertz CT molecular complexity index is 548. The molecule has 0 aromatic carbocycles. The van der Waals surface area contributed by atoms with Gasteiger partial charge in [-0.2, -0.15) is 5.10 Å². The van der Waals surface area contributed by atoms with Gasteiger partial charge >= 0.3 is 0 Å². The minimum absolute atomic E-state index is 0.0711. The molecule has 2 aromatic heterocycles. The summed E-state index contributed by atoms with van der Waals surface area (Å²) in [5.41, 5.74) is 2.68. The summed E-state index contributed by atoms with van der Waals surface area (Å²) in [6.45, 7) is 3.90. The summed E-state index contributed by atoms with van der Waals surface area (Å²) in [6.07, 6.45) is 3.09. The lowest BCUT2D eigenvalue weighted by Crippen LogP contribution is -2.20. The average Bonchev–Trinajstić information content (AvgIpc) is 2.83. The quantitative estimate of drug-likeness (QED) is 0.635. The molecule has 94 valence electrons. The predicted octanol–water partition coefficient (Wildman–Crippen LogP) is 1.51. The molecule has 2 aromatic rings. The summed E-state index contributed by atoms with van der Waals surface area (Å²) in [7, 11) is 0. The van der Waals surface area contributed by atoms with Crippen LogP contribution in [0.1, 0.15) is 35.8 Å². The van der Waals surface area contributed by atoms with Crippen molar-refractivity contribution in [1.82, 2.24) is 20.2 Å². The highest BCUT2D eigenvalue weighted by atomic mass is 16.5. The molecule has 2 N–H and O–H groups in total. The Kier molecular flexibility index (Phi) is 3.38. The standard InChI is InChI=1S/C12H14N4O2/c1-8(2)11-9(12(17)15-18)7-14-16(11)10-5-3-4-6-13-10/h3-8,18H,1-2H3,(H,15,17). The molecule has 2 rings (SSSR count). The maximum Gasteiger partial charge on any atom is 0.278 e. The van der Waals surface area contributed by atoms with Crippen molar-refractivity contribution in [3.63, 3.8) is 0 Å². The van der Waals surface area contributed by atoms with Crippen molar-refractivity contribution in [1.29, 1.82) is 0 Å². The van der Waals surface area contributed by atoms with Gasteiger partial charge in [0.15, 0.2) is 5.82 Å². The summed E-state index contributed by atoms with van der Waals surface area (Å²) in [4.78, 5) is 15.7. The van der Waals surface area contributed by atoms with Gasteiger partial charge in [-0.3, -0.25) is 10.0 Å². The van der Waals surface area contributed by atoms with E-state index in [2.05, 4.69) is 10.1 Å². The fraction of sp³-hybridized carbons (Fsp3) is 0.250. The van der Waals surface area contributed by atoms with Crippen LogP contribution in [0.4, 0.5) is 0 Å². The number of amides is 1. The van der Waals surface area contributed by atoms with Crippen LogP contribution in [-0.2, 0) is 0 Å². The average molecular weight is 246 g/mol. The SMILES string of the molecule is CC(C)c1c(C(=O)NO)cnn1-c1ccccn1. The van der Waals surface area contributed by atoms with Crippen molar-refractivity contribution in [2.75, 3.05) is 0 Å². The third-order valence-corrected chi connectivity index (χ3v) is 2.57. The fourth-order valence-corrected chi connectivity index (χ4v) is 1.81. The van der Waals surface area contributed by atoms with Gasteiger partial charge in [0, 0.05) is 6.20 Å². The number of rotatable bonds is 3. The van der Waals surface area contributed by atoms with Crippen LogP contribution in [0.5, 0.6) is 0 Å². The van der Waals surface area contributed by atoms with Gasteiger partial charge in [0.1, 0.15) is 0 Å². The second-order valence-corrected chi connectivity index (χ2v) is 4.14. The molecule has 0 saturated carbocycles. The zero-order valence-electron chi connectivity index (χ0n) is 10.2. The van der Waals surface area contributed by atoms with E-state index in [1.165, 1.54) is 6.20 Å². The first-order valence-corrected chi connectivity index (χ1v) is 5.59. The van der Waals surface area contributed by atoms with Gasteiger partial charge in [-0.05, 0) is 18.1 Å². The van der Waals surface area contributed by atoms with Gasteiger partial charge in [-0.25, -0.2) is 15.1 Å². The Morgan fingerprint density at radius 3 is 2.78 bits per heavy atom. The zero-order valence-corrected chi connectivity index (χ0v) is 10.2. The third-order valence-electron chi connectivity index (χ3n) is 2.57. The number of pyridine rings is 1. The van der Waals surface area contributed by atoms with E-state index in [-0.39, 0.29) is 5.92 Å². The van der Waals surface area contributed by atoms with E-state index < -0.39 is 5.91 Å². The Morgan fingerprint density at radius 1 is 1.44 bits per heavy atom. The number of nitrogens with zero attached hydrogens (tertiary/aromatic N) is 3. The smallest absolute Gasteiger partial charge is 0.278 e. The maximum atomic E-state index is 11.5. The van der Waals surface area contributed by atoms with Gasteiger partial charge in [-0.15, -0.1) is 0 Å². The van der Waals surface area contributed by atoms with Crippen LogP contribution in [-0.4, -0.2) is 25.9 Å². The van der Waals surface area contributed by atoms with Crippen LogP contribution in [0.2, 0.25) is 0 Å². The second kappa shape index (κ2) is 4.97. The lowest BCUT2D eigenvalue weighted by molar-refractivity contribution is 0.0705. The van der Waals surface area contributed by atoms with Crippen molar-refractivity contribution in [3.05, 3.63) is 41.9 Å². The Hall–Kier alpha value is -2.21. The molecule has 0 saturated heterocycles. The van der Waals surface area contributed by atoms with Crippen molar-refractivity contribution < 1.29 is 10.0 Å². The Morgan fingerprint density at radius 2 is 2.22 bits per heavy atom. The minimum atomic E-state index is -0.569. The molecular weight excluding hydrogens is 232 g/mol. The van der Waals surface area contributed by atoms with E-state index in [0.29, 0.717) is 17.1 Å². The predicted molar refractivity (Wildman–Crippen MR) is 64.7 cm³/mol. The van der Waals surface area contributed by atoms with E-state index in [0.717, 1.165) is 0 Å². The third kappa shape index (κ3) is 2.10. The molecule has 0 unspecified atom stereocenters. The minimum Gasteiger partial charge on any atom is -0.288 e. The van der Waals surface area contributed by atoms with Crippen LogP contribution in [0, 0.1) is 0 Å². The molecule has 2 heterocycles. The summed E-state index contributed by atoms with van der Waals surface area (Å²) >= 11 is 0. The van der Waals surface area contributed by atoms with Gasteiger partial charge in [-0.1, -0.05) is 19.9 Å². The van der Waals surface area contributed by atoms with Crippen molar-refractivity contribution >= 4 is 5.91 Å². The van der Waals surface area contributed by atoms with Gasteiger partial charge in [0.2, 0.25) is 0 Å². The topological polar surface area (TPSA) is 80.0 Å². The number of hydrogen-bond acceptors (Lipinski definition) is 4. The monoisotopic (exact) mass is 246 g/mol. The molecule has 0 aliphatic carbocycles. The number of nitrogens with one attached hydrogen (secondary N) is 1. The van der Waals surface area contributed by atoms with Gasteiger partial charge < -0.3 is 0 Å². The fourth-order valence-electron chi connectivity index (χ4n) is 1.81. The molecule has 0 aliphatic heterocycles. The molecule has 18 heavy (non-hydrogen) atoms. The molecule has 0 spiro atoms. The molecular formula is C12H14N4O2. The van der Waals surface area contributed by atoms with Crippen LogP contribution in [0.15, 0.2) is 30.6 Å². The normalized spacial score (nSPS) is 10.7. The van der Waals surface area contributed by atoms with Crippen molar-refractivity contribution in [3.8, 4) is 5.82 Å². The molecule has 0 atom stereocenters. The first-order chi connectivity index (χ1) is 8.65. The summed E-state index contributed by atoms with van der Waals surface area (Å²) in [5.74, 6) is 0.140. The van der Waals surface area contributed by atoms with E-state index in [1.54, 1.807) is 22.4 Å². The van der Waals surface area contributed by atoms with E-state index >= 15 is 0 Å². The number of hydrogen-bond donors (Lipinski definition) is 2. The molecule has 1 amide bonds. The highest BCUT2D eigenvalue weighted by Gasteiger charge is 2.20. The Labute approximate surface area is 104 Å². The van der Waals surface area contributed by atoms with Crippen molar-refractivity contribution in [2.45, 2.75) is 19.8 Å². The van der Waals surface area contributed by atoms with Crippen LogP contribution < -0.4 is 5.48 Å². The highest BCUT2D eigenvalue weighted by molar-refractivity contribution is 5.94. The summed E-state index contributed by atoms with van der Waals surface area (Å²) in [6, 6.07) is 5.46. The summed E-state index contributed by atoms with van der Waals surface area (Å²) in [5, 5.41) is 12.9. The van der Waals surface area contributed by atoms with Crippen LogP contribution in [0.25, 0.3) is 5.82 Å². The number of carbonyl (C=O) groups excluding carboxylic acids is 1. The van der Waals surface area contributed by atoms with E-state index in [1.807, 2.05) is 26.0 Å². The maximum absolute atomic E-state index is 11.5. The van der Waals surface area contributed by atoms with Crippen LogP contribution in [0.3, 0.4) is 0 Å². The largest absolute Gasteiger partial charge is 0.288 e. The number of carbonyl (C=O) groups is 1. The van der Waals surface area contributed by atoms with Gasteiger partial charge in [0.05, 0.1) is 17.5 Å². The molecule has 0 aliphatic rings. The van der Waals surface area contributed by atoms with Crippen molar-refractivity contribution in [2.24, 2.45) is 0 Å². The Balaban J connectivity index is 2.56. The number of hydroxylamine groups is 1. The zero-order chi connectivity index (χ0) is 13.1. The van der Waals surface area contributed by atoms with Gasteiger partial charge in [0.25, 0.3) is 5.91 Å². The van der Waals surface area contributed by atoms with Crippen LogP contribution >= 0.6 is 0 Å².